The van der Waals surface area contributed by atoms with Gasteiger partial charge < -0.3 is 10.1 Å². The molecule has 0 aliphatic rings. The first-order valence-corrected chi connectivity index (χ1v) is 8.34. The minimum Gasteiger partial charge on any atom is -0.495 e. The molecule has 6 heteroatoms. The molecule has 0 aliphatic carbocycles. The van der Waals surface area contributed by atoms with Crippen LogP contribution in [0.5, 0.6) is 5.75 Å². The van der Waals surface area contributed by atoms with E-state index in [1.807, 2.05) is 7.05 Å². The fraction of sp³-hybridized carbons (Fsp3) is 0.571. The SMILES string of the molecule is CCCCCNS(=O)(=O)c1ccc(CNC)cc1OC. The van der Waals surface area contributed by atoms with Crippen molar-refractivity contribution in [2.45, 2.75) is 37.6 Å². The Hall–Kier alpha value is -1.11. The van der Waals surface area contributed by atoms with E-state index in [0.29, 0.717) is 18.8 Å². The molecule has 1 rings (SSSR count). The highest BCUT2D eigenvalue weighted by Crippen LogP contribution is 2.24. The van der Waals surface area contributed by atoms with Crippen molar-refractivity contribution < 1.29 is 13.2 Å². The van der Waals surface area contributed by atoms with Crippen molar-refractivity contribution in [1.82, 2.24) is 10.0 Å². The summed E-state index contributed by atoms with van der Waals surface area (Å²) in [6.45, 7) is 3.20. The Morgan fingerprint density at radius 2 is 2.00 bits per heavy atom. The molecule has 5 nitrogen and oxygen atoms in total. The number of sulfonamides is 1. The topological polar surface area (TPSA) is 67.4 Å². The summed E-state index contributed by atoms with van der Waals surface area (Å²) in [6, 6.07) is 5.13. The van der Waals surface area contributed by atoms with Crippen LogP contribution in [0, 0.1) is 0 Å². The van der Waals surface area contributed by atoms with E-state index in [0.717, 1.165) is 24.8 Å². The molecular weight excluding hydrogens is 276 g/mol. The number of benzene rings is 1. The highest BCUT2D eigenvalue weighted by atomic mass is 32.2. The van der Waals surface area contributed by atoms with E-state index in [9.17, 15) is 8.42 Å². The van der Waals surface area contributed by atoms with E-state index in [1.54, 1.807) is 18.2 Å². The van der Waals surface area contributed by atoms with Gasteiger partial charge in [0.05, 0.1) is 7.11 Å². The number of unbranched alkanes of at least 4 members (excludes halogenated alkanes) is 2. The molecule has 2 N–H and O–H groups in total. The Bertz CT molecular complexity index is 515. The molecule has 1 aromatic carbocycles. The molecule has 0 heterocycles. The molecule has 0 bridgehead atoms. The zero-order valence-corrected chi connectivity index (χ0v) is 13.2. The summed E-state index contributed by atoms with van der Waals surface area (Å²) in [7, 11) is -0.190. The monoisotopic (exact) mass is 300 g/mol. The summed E-state index contributed by atoms with van der Waals surface area (Å²) in [5, 5.41) is 3.02. The Kier molecular flexibility index (Phi) is 6.98. The standard InChI is InChI=1S/C14H24N2O3S/c1-4-5-6-9-16-20(17,18)14-8-7-12(11-15-2)10-13(14)19-3/h7-8,10,15-16H,4-6,9,11H2,1-3H3. The van der Waals surface area contributed by atoms with Crippen LogP contribution in [0.4, 0.5) is 0 Å². The zero-order valence-electron chi connectivity index (χ0n) is 12.4. The molecule has 0 radical (unpaired) electrons. The Morgan fingerprint density at radius 1 is 1.25 bits per heavy atom. The number of rotatable bonds is 9. The van der Waals surface area contributed by atoms with Crippen molar-refractivity contribution in [1.29, 1.82) is 0 Å². The van der Waals surface area contributed by atoms with Crippen LogP contribution in [0.25, 0.3) is 0 Å². The molecule has 0 unspecified atom stereocenters. The third kappa shape index (κ3) is 4.77. The second kappa shape index (κ2) is 8.24. The first kappa shape index (κ1) is 16.9. The highest BCUT2D eigenvalue weighted by Gasteiger charge is 2.19. The maximum absolute atomic E-state index is 12.2. The predicted molar refractivity (Wildman–Crippen MR) is 80.5 cm³/mol. The van der Waals surface area contributed by atoms with Crippen LogP contribution in [0.2, 0.25) is 0 Å². The van der Waals surface area contributed by atoms with Gasteiger partial charge in [0.15, 0.2) is 0 Å². The fourth-order valence-corrected chi connectivity index (χ4v) is 3.13. The van der Waals surface area contributed by atoms with Crippen LogP contribution in [-0.4, -0.2) is 29.1 Å². The van der Waals surface area contributed by atoms with Crippen LogP contribution < -0.4 is 14.8 Å². The smallest absolute Gasteiger partial charge is 0.244 e. The normalized spacial score (nSPS) is 11.6. The van der Waals surface area contributed by atoms with Gasteiger partial charge in [-0.25, -0.2) is 13.1 Å². The van der Waals surface area contributed by atoms with E-state index in [4.69, 9.17) is 4.74 Å². The zero-order chi connectivity index (χ0) is 15.0. The number of nitrogens with one attached hydrogen (secondary N) is 2. The van der Waals surface area contributed by atoms with Gasteiger partial charge in [-0.1, -0.05) is 25.8 Å². The van der Waals surface area contributed by atoms with Crippen LogP contribution in [0.15, 0.2) is 23.1 Å². The third-order valence-corrected chi connectivity index (χ3v) is 4.47. The lowest BCUT2D eigenvalue weighted by atomic mass is 10.2. The predicted octanol–water partition coefficient (Wildman–Crippen LogP) is 1.88. The molecule has 0 atom stereocenters. The van der Waals surface area contributed by atoms with Crippen molar-refractivity contribution in [3.05, 3.63) is 23.8 Å². The highest BCUT2D eigenvalue weighted by molar-refractivity contribution is 7.89. The Morgan fingerprint density at radius 3 is 2.60 bits per heavy atom. The first-order valence-electron chi connectivity index (χ1n) is 6.86. The molecule has 0 amide bonds. The van der Waals surface area contributed by atoms with Gasteiger partial charge in [-0.2, -0.15) is 0 Å². The van der Waals surface area contributed by atoms with Crippen molar-refractivity contribution >= 4 is 10.0 Å². The minimum atomic E-state index is -3.51. The fourth-order valence-electron chi connectivity index (χ4n) is 1.91. The maximum Gasteiger partial charge on any atom is 0.244 e. The molecule has 0 fully saturated rings. The lowest BCUT2D eigenvalue weighted by molar-refractivity contribution is 0.401. The van der Waals surface area contributed by atoms with E-state index < -0.39 is 10.0 Å². The average Bonchev–Trinajstić information content (AvgIpc) is 2.43. The lowest BCUT2D eigenvalue weighted by Gasteiger charge is -2.12. The van der Waals surface area contributed by atoms with E-state index in [-0.39, 0.29) is 4.90 Å². The minimum absolute atomic E-state index is 0.191. The van der Waals surface area contributed by atoms with Gasteiger partial charge in [-0.3, -0.25) is 0 Å². The largest absolute Gasteiger partial charge is 0.495 e. The van der Waals surface area contributed by atoms with Crippen LogP contribution in [0.3, 0.4) is 0 Å². The van der Waals surface area contributed by atoms with Crippen LogP contribution >= 0.6 is 0 Å². The van der Waals surface area contributed by atoms with Crippen molar-refractivity contribution in [2.24, 2.45) is 0 Å². The number of hydrogen-bond donors (Lipinski definition) is 2. The van der Waals surface area contributed by atoms with Gasteiger partial charge in [0.25, 0.3) is 0 Å². The van der Waals surface area contributed by atoms with Crippen LogP contribution in [-0.2, 0) is 16.6 Å². The quantitative estimate of drug-likeness (QED) is 0.683. The number of ether oxygens (including phenoxy) is 1. The molecule has 1 aromatic rings. The molecular formula is C14H24N2O3S. The summed E-state index contributed by atoms with van der Waals surface area (Å²) in [5.74, 6) is 0.376. The van der Waals surface area contributed by atoms with Gasteiger partial charge in [-0.15, -0.1) is 0 Å². The molecule has 20 heavy (non-hydrogen) atoms. The molecule has 0 aromatic heterocycles. The molecule has 0 saturated heterocycles. The number of hydrogen-bond acceptors (Lipinski definition) is 4. The van der Waals surface area contributed by atoms with Gasteiger partial charge in [0, 0.05) is 13.1 Å². The number of methoxy groups -OCH3 is 1. The van der Waals surface area contributed by atoms with E-state index >= 15 is 0 Å². The molecule has 114 valence electrons. The summed E-state index contributed by atoms with van der Waals surface area (Å²) < 4.78 is 32.3. The third-order valence-electron chi connectivity index (χ3n) is 2.97. The Balaban J connectivity index is 2.88. The lowest BCUT2D eigenvalue weighted by Crippen LogP contribution is -2.25. The van der Waals surface area contributed by atoms with Gasteiger partial charge >= 0.3 is 0 Å². The Labute approximate surface area is 121 Å². The summed E-state index contributed by atoms with van der Waals surface area (Å²) >= 11 is 0. The second-order valence-corrected chi connectivity index (χ2v) is 6.36. The summed E-state index contributed by atoms with van der Waals surface area (Å²) in [5.41, 5.74) is 0.981. The maximum atomic E-state index is 12.2. The van der Waals surface area contributed by atoms with Crippen molar-refractivity contribution in [3.63, 3.8) is 0 Å². The summed E-state index contributed by atoms with van der Waals surface area (Å²) in [6.07, 6.45) is 2.92. The average molecular weight is 300 g/mol. The molecule has 0 aliphatic heterocycles. The van der Waals surface area contributed by atoms with Crippen molar-refractivity contribution in [3.8, 4) is 5.75 Å². The molecule has 0 saturated carbocycles. The van der Waals surface area contributed by atoms with E-state index in [1.165, 1.54) is 7.11 Å². The second-order valence-electron chi connectivity index (χ2n) is 4.62. The van der Waals surface area contributed by atoms with E-state index in [2.05, 4.69) is 17.0 Å². The first-order chi connectivity index (χ1) is 9.55. The molecule has 0 spiro atoms. The summed E-state index contributed by atoms with van der Waals surface area (Å²) in [4.78, 5) is 0.191. The van der Waals surface area contributed by atoms with Crippen molar-refractivity contribution in [2.75, 3.05) is 20.7 Å². The van der Waals surface area contributed by atoms with Crippen LogP contribution in [0.1, 0.15) is 31.7 Å². The van der Waals surface area contributed by atoms with Gasteiger partial charge in [0.1, 0.15) is 10.6 Å². The van der Waals surface area contributed by atoms with Gasteiger partial charge in [0.2, 0.25) is 10.0 Å². The van der Waals surface area contributed by atoms with Gasteiger partial charge in [-0.05, 0) is 31.2 Å².